The number of halogens is 1. The van der Waals surface area contributed by atoms with Crippen molar-refractivity contribution in [3.63, 3.8) is 0 Å². The number of benzene rings is 4. The Kier molecular flexibility index (Phi) is 6.80. The summed E-state index contributed by atoms with van der Waals surface area (Å²) in [7, 11) is 0. The zero-order valence-corrected chi connectivity index (χ0v) is 17.3. The van der Waals surface area contributed by atoms with Gasteiger partial charge in [0.05, 0.1) is 0 Å². The second-order valence-corrected chi connectivity index (χ2v) is 6.80. The molecule has 2 heteroatoms. The van der Waals surface area contributed by atoms with Crippen LogP contribution in [0.15, 0.2) is 121 Å². The van der Waals surface area contributed by atoms with Gasteiger partial charge in [-0.1, -0.05) is 121 Å². The summed E-state index contributed by atoms with van der Waals surface area (Å²) in [6, 6.07) is 43.2. The van der Waals surface area contributed by atoms with Crippen LogP contribution in [-0.2, 0) is 12.1 Å². The van der Waals surface area contributed by atoms with Crippen LogP contribution in [0.25, 0.3) is 0 Å². The lowest BCUT2D eigenvalue weighted by molar-refractivity contribution is -0.731. The van der Waals surface area contributed by atoms with Gasteiger partial charge in [-0.2, -0.15) is 0 Å². The molecule has 0 radical (unpaired) electrons. The minimum absolute atomic E-state index is 0. The minimum Gasteiger partial charge on any atom is -1.00 e. The molecule has 140 valence electrons. The molecule has 0 aromatic heterocycles. The van der Waals surface area contributed by atoms with Gasteiger partial charge in [-0.05, 0) is 0 Å². The smallest absolute Gasteiger partial charge is 0.173 e. The Labute approximate surface area is 177 Å². The lowest BCUT2D eigenvalue weighted by atomic mass is 9.77. The van der Waals surface area contributed by atoms with Gasteiger partial charge < -0.3 is 22.3 Å². The molecular formula is C26H24BrN. The van der Waals surface area contributed by atoms with E-state index in [1.807, 2.05) is 0 Å². The Hall–Kier alpha value is -2.68. The Morgan fingerprint density at radius 2 is 0.786 bits per heavy atom. The predicted molar refractivity (Wildman–Crippen MR) is 111 cm³/mol. The van der Waals surface area contributed by atoms with Crippen LogP contribution in [-0.4, -0.2) is 0 Å². The van der Waals surface area contributed by atoms with E-state index in [1.165, 1.54) is 22.3 Å². The Bertz CT molecular complexity index is 858. The van der Waals surface area contributed by atoms with Gasteiger partial charge in [-0.3, -0.25) is 0 Å². The average Bonchev–Trinajstić information content (AvgIpc) is 2.77. The molecule has 0 saturated heterocycles. The molecule has 0 heterocycles. The maximum Gasteiger partial charge on any atom is 0.173 e. The van der Waals surface area contributed by atoms with Gasteiger partial charge in [0.25, 0.3) is 0 Å². The molecule has 0 fully saturated rings. The molecular weight excluding hydrogens is 406 g/mol. The highest BCUT2D eigenvalue weighted by molar-refractivity contribution is 5.46. The van der Waals surface area contributed by atoms with Crippen LogP contribution in [0, 0.1) is 0 Å². The normalized spacial score (nSPS) is 10.9. The van der Waals surface area contributed by atoms with Gasteiger partial charge in [0.2, 0.25) is 0 Å². The molecule has 2 N–H and O–H groups in total. The van der Waals surface area contributed by atoms with Crippen LogP contribution in [0.2, 0.25) is 0 Å². The van der Waals surface area contributed by atoms with Gasteiger partial charge in [0.1, 0.15) is 6.54 Å². The molecule has 0 amide bonds. The van der Waals surface area contributed by atoms with E-state index in [-0.39, 0.29) is 22.5 Å². The van der Waals surface area contributed by atoms with E-state index in [9.17, 15) is 0 Å². The molecule has 0 unspecified atom stereocenters. The van der Waals surface area contributed by atoms with Crippen molar-refractivity contribution in [2.24, 2.45) is 0 Å². The molecule has 0 aliphatic rings. The van der Waals surface area contributed by atoms with Gasteiger partial charge in [-0.15, -0.1) is 0 Å². The average molecular weight is 430 g/mol. The number of nitrogens with two attached hydrogens (primary N) is 1. The van der Waals surface area contributed by atoms with Crippen molar-refractivity contribution in [2.45, 2.75) is 12.1 Å². The second-order valence-electron chi connectivity index (χ2n) is 6.80. The minimum atomic E-state index is -0.292. The molecule has 0 saturated carbocycles. The van der Waals surface area contributed by atoms with Gasteiger partial charge in [0, 0.05) is 22.3 Å². The van der Waals surface area contributed by atoms with E-state index >= 15 is 0 Å². The number of hydrogen-bond donors (Lipinski definition) is 1. The van der Waals surface area contributed by atoms with Crippen molar-refractivity contribution in [3.8, 4) is 0 Å². The summed E-state index contributed by atoms with van der Waals surface area (Å²) in [6.45, 7) is 0.902. The van der Waals surface area contributed by atoms with Crippen LogP contribution in [0.5, 0.6) is 0 Å². The first-order valence-electron chi connectivity index (χ1n) is 9.44. The highest BCUT2D eigenvalue weighted by atomic mass is 79.9. The maximum atomic E-state index is 2.46. The summed E-state index contributed by atoms with van der Waals surface area (Å²) < 4.78 is 0. The summed E-state index contributed by atoms with van der Waals surface area (Å²) in [5.41, 5.74) is 4.90. The first-order chi connectivity index (χ1) is 13.4. The Morgan fingerprint density at radius 1 is 0.464 bits per heavy atom. The van der Waals surface area contributed by atoms with E-state index in [0.29, 0.717) is 0 Å². The van der Waals surface area contributed by atoms with Crippen molar-refractivity contribution in [1.82, 2.24) is 0 Å². The summed E-state index contributed by atoms with van der Waals surface area (Å²) in [5, 5.41) is 2.46. The summed E-state index contributed by atoms with van der Waals surface area (Å²) in [6.07, 6.45) is 0. The number of quaternary nitrogens is 1. The fourth-order valence-corrected chi connectivity index (χ4v) is 3.84. The fraction of sp³-hybridized carbons (Fsp3) is 0.0769. The molecule has 4 aromatic carbocycles. The van der Waals surface area contributed by atoms with E-state index in [4.69, 9.17) is 0 Å². The molecule has 4 aromatic rings. The van der Waals surface area contributed by atoms with Crippen LogP contribution in [0.3, 0.4) is 0 Å². The second kappa shape index (κ2) is 9.50. The van der Waals surface area contributed by atoms with Crippen molar-refractivity contribution in [1.29, 1.82) is 0 Å². The van der Waals surface area contributed by atoms with E-state index in [1.54, 1.807) is 0 Å². The molecule has 0 spiro atoms. The Morgan fingerprint density at radius 3 is 1.14 bits per heavy atom. The van der Waals surface area contributed by atoms with Crippen molar-refractivity contribution in [2.75, 3.05) is 0 Å². The van der Waals surface area contributed by atoms with Crippen LogP contribution in [0.4, 0.5) is 0 Å². The van der Waals surface area contributed by atoms with Crippen LogP contribution in [0.1, 0.15) is 22.3 Å². The third kappa shape index (κ3) is 4.09. The first kappa shape index (κ1) is 20.1. The lowest BCUT2D eigenvalue weighted by Gasteiger charge is -2.33. The monoisotopic (exact) mass is 429 g/mol. The quantitative estimate of drug-likeness (QED) is 0.449. The molecule has 1 nitrogen and oxygen atoms in total. The summed E-state index contributed by atoms with van der Waals surface area (Å²) >= 11 is 0. The molecule has 0 aliphatic heterocycles. The maximum absolute atomic E-state index is 2.46. The van der Waals surface area contributed by atoms with E-state index in [0.717, 1.165) is 6.54 Å². The largest absolute Gasteiger partial charge is 1.00 e. The van der Waals surface area contributed by atoms with E-state index in [2.05, 4.69) is 127 Å². The zero-order chi connectivity index (χ0) is 18.4. The van der Waals surface area contributed by atoms with Crippen molar-refractivity contribution in [3.05, 3.63) is 144 Å². The van der Waals surface area contributed by atoms with Gasteiger partial charge in [-0.25, -0.2) is 0 Å². The zero-order valence-electron chi connectivity index (χ0n) is 15.7. The number of rotatable bonds is 6. The highest BCUT2D eigenvalue weighted by Gasteiger charge is 2.39. The lowest BCUT2D eigenvalue weighted by Crippen LogP contribution is -3.00. The summed E-state index contributed by atoms with van der Waals surface area (Å²) in [5.74, 6) is 0. The first-order valence-corrected chi connectivity index (χ1v) is 9.44. The standard InChI is InChI=1S/C26H23N.BrH/c1-5-13-22(14-6-1)21-27-26(23-15-7-2-8-16-23,24-17-9-3-10-18-24)25-19-11-4-12-20-25;/h1-20,27H,21H2;1H. The van der Waals surface area contributed by atoms with E-state index < -0.39 is 0 Å². The SMILES string of the molecule is [Br-].c1ccc(C[NH2+]C(c2ccccc2)(c2ccccc2)c2ccccc2)cc1. The third-order valence-electron chi connectivity index (χ3n) is 5.17. The van der Waals surface area contributed by atoms with Gasteiger partial charge >= 0.3 is 0 Å². The summed E-state index contributed by atoms with van der Waals surface area (Å²) in [4.78, 5) is 0. The molecule has 28 heavy (non-hydrogen) atoms. The van der Waals surface area contributed by atoms with Crippen molar-refractivity contribution < 1.29 is 22.3 Å². The third-order valence-corrected chi connectivity index (χ3v) is 5.17. The molecule has 0 atom stereocenters. The topological polar surface area (TPSA) is 16.6 Å². The predicted octanol–water partition coefficient (Wildman–Crippen LogP) is 1.75. The van der Waals surface area contributed by atoms with Crippen LogP contribution < -0.4 is 22.3 Å². The number of hydrogen-bond acceptors (Lipinski definition) is 0. The fourth-order valence-electron chi connectivity index (χ4n) is 3.84. The molecule has 4 rings (SSSR count). The molecule has 0 aliphatic carbocycles. The van der Waals surface area contributed by atoms with Crippen LogP contribution >= 0.6 is 0 Å². The highest BCUT2D eigenvalue weighted by Crippen LogP contribution is 2.33. The van der Waals surface area contributed by atoms with Crippen molar-refractivity contribution >= 4 is 0 Å². The molecule has 0 bridgehead atoms. The Balaban J connectivity index is 0.00000225. The van der Waals surface area contributed by atoms with Gasteiger partial charge in [0.15, 0.2) is 5.54 Å².